The van der Waals surface area contributed by atoms with E-state index in [1.807, 2.05) is 12.1 Å². The second-order valence-corrected chi connectivity index (χ2v) is 7.42. The summed E-state index contributed by atoms with van der Waals surface area (Å²) in [5.41, 5.74) is 2.13. The topological polar surface area (TPSA) is 90.2 Å². The SMILES string of the molecule is COc1ccc(C2CC2COc2nc(C)ncc2-c2ccc(C(O)C(F)F)nc2)nc1. The number of alkyl halides is 2. The van der Waals surface area contributed by atoms with E-state index in [4.69, 9.17) is 9.47 Å². The molecular formula is C22H22F2N4O3. The number of aromatic nitrogens is 4. The molecule has 3 heterocycles. The van der Waals surface area contributed by atoms with Crippen molar-refractivity contribution in [2.75, 3.05) is 13.7 Å². The Bertz CT molecular complexity index is 1030. The lowest BCUT2D eigenvalue weighted by atomic mass is 10.1. The number of ether oxygens (including phenoxy) is 2. The standard InChI is InChI=1S/C22H22F2N4O3/c1-12-25-10-17(13-3-5-19(26-8-13)20(29)21(23)24)22(28-12)31-11-14-7-16(14)18-6-4-15(30-2)9-27-18/h3-6,8-10,14,16,20-21,29H,7,11H2,1-2H3. The largest absolute Gasteiger partial charge is 0.495 e. The Hall–Kier alpha value is -3.20. The van der Waals surface area contributed by atoms with Crippen molar-refractivity contribution in [1.29, 1.82) is 0 Å². The first-order valence-corrected chi connectivity index (χ1v) is 9.85. The summed E-state index contributed by atoms with van der Waals surface area (Å²) in [5, 5.41) is 9.48. The highest BCUT2D eigenvalue weighted by atomic mass is 19.3. The number of pyridine rings is 2. The molecule has 0 aliphatic heterocycles. The minimum absolute atomic E-state index is 0.0953. The zero-order chi connectivity index (χ0) is 22.0. The summed E-state index contributed by atoms with van der Waals surface area (Å²) in [4.78, 5) is 17.0. The van der Waals surface area contributed by atoms with Gasteiger partial charge in [-0.1, -0.05) is 6.07 Å². The lowest BCUT2D eigenvalue weighted by Gasteiger charge is -2.12. The van der Waals surface area contributed by atoms with Gasteiger partial charge in [-0.25, -0.2) is 13.8 Å². The van der Waals surface area contributed by atoms with Crippen LogP contribution in [0.5, 0.6) is 11.6 Å². The highest BCUT2D eigenvalue weighted by Gasteiger charge is 2.40. The molecule has 0 saturated heterocycles. The molecule has 0 radical (unpaired) electrons. The van der Waals surface area contributed by atoms with Crippen LogP contribution >= 0.6 is 0 Å². The van der Waals surface area contributed by atoms with E-state index in [-0.39, 0.29) is 5.69 Å². The van der Waals surface area contributed by atoms with Crippen molar-refractivity contribution in [3.63, 3.8) is 0 Å². The zero-order valence-electron chi connectivity index (χ0n) is 17.1. The van der Waals surface area contributed by atoms with Crippen LogP contribution < -0.4 is 9.47 Å². The fourth-order valence-corrected chi connectivity index (χ4v) is 3.34. The molecule has 3 unspecified atom stereocenters. The van der Waals surface area contributed by atoms with E-state index in [2.05, 4.69) is 19.9 Å². The van der Waals surface area contributed by atoms with Gasteiger partial charge in [-0.15, -0.1) is 0 Å². The smallest absolute Gasteiger partial charge is 0.269 e. The van der Waals surface area contributed by atoms with Gasteiger partial charge in [0.1, 0.15) is 11.6 Å². The van der Waals surface area contributed by atoms with Crippen molar-refractivity contribution in [2.24, 2.45) is 5.92 Å². The van der Waals surface area contributed by atoms with Crippen LogP contribution in [0.1, 0.15) is 35.7 Å². The van der Waals surface area contributed by atoms with E-state index in [0.717, 1.165) is 17.9 Å². The number of methoxy groups -OCH3 is 1. The number of nitrogens with zero attached hydrogens (tertiary/aromatic N) is 4. The quantitative estimate of drug-likeness (QED) is 0.585. The predicted octanol–water partition coefficient (Wildman–Crippen LogP) is 3.73. The minimum atomic E-state index is -2.90. The van der Waals surface area contributed by atoms with Crippen molar-refractivity contribution in [2.45, 2.75) is 31.8 Å². The molecule has 1 fully saturated rings. The Morgan fingerprint density at radius 1 is 1.10 bits per heavy atom. The van der Waals surface area contributed by atoms with Gasteiger partial charge in [0.25, 0.3) is 6.43 Å². The Balaban J connectivity index is 1.45. The minimum Gasteiger partial charge on any atom is -0.495 e. The Morgan fingerprint density at radius 3 is 2.58 bits per heavy atom. The number of aryl methyl sites for hydroxylation is 1. The van der Waals surface area contributed by atoms with Crippen molar-refractivity contribution >= 4 is 0 Å². The summed E-state index contributed by atoms with van der Waals surface area (Å²) in [6.45, 7) is 2.23. The van der Waals surface area contributed by atoms with Gasteiger partial charge in [0.05, 0.1) is 31.2 Å². The monoisotopic (exact) mass is 428 g/mol. The lowest BCUT2D eigenvalue weighted by molar-refractivity contribution is -0.00819. The molecule has 3 aromatic heterocycles. The number of aliphatic hydroxyl groups is 1. The molecule has 0 bridgehead atoms. The summed E-state index contributed by atoms with van der Waals surface area (Å²) in [6, 6.07) is 6.81. The van der Waals surface area contributed by atoms with Gasteiger partial charge in [0.15, 0.2) is 6.10 Å². The molecule has 1 aliphatic carbocycles. The fourth-order valence-electron chi connectivity index (χ4n) is 3.34. The molecule has 0 spiro atoms. The number of hydrogen-bond acceptors (Lipinski definition) is 7. The number of halogens is 2. The second-order valence-electron chi connectivity index (χ2n) is 7.42. The average Bonchev–Trinajstić information content (AvgIpc) is 3.57. The van der Waals surface area contributed by atoms with Gasteiger partial charge in [-0.05, 0) is 31.5 Å². The van der Waals surface area contributed by atoms with E-state index in [9.17, 15) is 13.9 Å². The lowest BCUT2D eigenvalue weighted by Crippen LogP contribution is -2.10. The van der Waals surface area contributed by atoms with Gasteiger partial charge in [-0.3, -0.25) is 9.97 Å². The van der Waals surface area contributed by atoms with Crippen molar-refractivity contribution in [1.82, 2.24) is 19.9 Å². The molecule has 1 saturated carbocycles. The molecule has 3 atom stereocenters. The van der Waals surface area contributed by atoms with E-state index in [1.165, 1.54) is 12.3 Å². The molecule has 1 N–H and O–H groups in total. The molecular weight excluding hydrogens is 406 g/mol. The van der Waals surface area contributed by atoms with Crippen LogP contribution in [0, 0.1) is 12.8 Å². The van der Waals surface area contributed by atoms with Gasteiger partial charge in [0, 0.05) is 35.5 Å². The molecule has 1 aliphatic rings. The third-order valence-electron chi connectivity index (χ3n) is 5.24. The van der Waals surface area contributed by atoms with Crippen molar-refractivity contribution in [3.05, 3.63) is 60.1 Å². The van der Waals surface area contributed by atoms with Gasteiger partial charge >= 0.3 is 0 Å². The van der Waals surface area contributed by atoms with Crippen LogP contribution in [0.15, 0.2) is 42.9 Å². The van der Waals surface area contributed by atoms with Gasteiger partial charge in [0.2, 0.25) is 5.88 Å². The molecule has 4 rings (SSSR count). The molecule has 3 aromatic rings. The normalized spacial score (nSPS) is 18.6. The van der Waals surface area contributed by atoms with Crippen LogP contribution in [0.2, 0.25) is 0 Å². The molecule has 0 amide bonds. The van der Waals surface area contributed by atoms with Crippen LogP contribution in [0.3, 0.4) is 0 Å². The zero-order valence-corrected chi connectivity index (χ0v) is 17.1. The van der Waals surface area contributed by atoms with Gasteiger partial charge in [-0.2, -0.15) is 4.98 Å². The summed E-state index contributed by atoms with van der Waals surface area (Å²) in [7, 11) is 1.61. The highest BCUT2D eigenvalue weighted by molar-refractivity contribution is 5.66. The van der Waals surface area contributed by atoms with E-state index < -0.39 is 12.5 Å². The molecule has 162 valence electrons. The molecule has 31 heavy (non-hydrogen) atoms. The number of rotatable bonds is 8. The first-order chi connectivity index (χ1) is 15.0. The second kappa shape index (κ2) is 8.89. The third kappa shape index (κ3) is 4.77. The molecule has 7 nitrogen and oxygen atoms in total. The third-order valence-corrected chi connectivity index (χ3v) is 5.24. The molecule has 9 heteroatoms. The van der Waals surface area contributed by atoms with Crippen molar-refractivity contribution in [3.8, 4) is 22.8 Å². The van der Waals surface area contributed by atoms with E-state index in [0.29, 0.717) is 41.3 Å². The Labute approximate surface area is 178 Å². The molecule has 0 aromatic carbocycles. The maximum Gasteiger partial charge on any atom is 0.269 e. The summed E-state index contributed by atoms with van der Waals surface area (Å²) >= 11 is 0. The summed E-state index contributed by atoms with van der Waals surface area (Å²) < 4.78 is 36.5. The maximum atomic E-state index is 12.7. The van der Waals surface area contributed by atoms with E-state index in [1.54, 1.807) is 32.5 Å². The summed E-state index contributed by atoms with van der Waals surface area (Å²) in [5.74, 6) is 2.34. The van der Waals surface area contributed by atoms with E-state index >= 15 is 0 Å². The number of aliphatic hydroxyl groups excluding tert-OH is 1. The Kier molecular flexibility index (Phi) is 6.03. The Morgan fingerprint density at radius 2 is 1.94 bits per heavy atom. The van der Waals surface area contributed by atoms with Crippen LogP contribution in [0.4, 0.5) is 8.78 Å². The predicted molar refractivity (Wildman–Crippen MR) is 108 cm³/mol. The highest BCUT2D eigenvalue weighted by Crippen LogP contribution is 2.47. The van der Waals surface area contributed by atoms with Crippen LogP contribution in [0.25, 0.3) is 11.1 Å². The first-order valence-electron chi connectivity index (χ1n) is 9.85. The fraction of sp³-hybridized carbons (Fsp3) is 0.364. The maximum absolute atomic E-state index is 12.7. The average molecular weight is 428 g/mol. The van der Waals surface area contributed by atoms with Crippen molar-refractivity contribution < 1.29 is 23.4 Å². The first kappa shape index (κ1) is 21.0. The van der Waals surface area contributed by atoms with Crippen LogP contribution in [-0.4, -0.2) is 45.2 Å². The summed E-state index contributed by atoms with van der Waals surface area (Å²) in [6.07, 6.45) is 0.889. The number of hydrogen-bond donors (Lipinski definition) is 1. The van der Waals surface area contributed by atoms with Gasteiger partial charge < -0.3 is 14.6 Å². The van der Waals surface area contributed by atoms with Crippen LogP contribution in [-0.2, 0) is 0 Å².